The highest BCUT2D eigenvalue weighted by molar-refractivity contribution is 6.01. The number of nitrogens with one attached hydrogen (secondary N) is 2. The maximum atomic E-state index is 11.7. The van der Waals surface area contributed by atoms with E-state index in [1.807, 2.05) is 18.2 Å². The molecule has 0 spiro atoms. The Morgan fingerprint density at radius 1 is 1.38 bits per heavy atom. The van der Waals surface area contributed by atoms with Crippen LogP contribution in [0.3, 0.4) is 0 Å². The van der Waals surface area contributed by atoms with Gasteiger partial charge in [0.05, 0.1) is 12.5 Å². The molecule has 1 heterocycles. The first-order valence-electron chi connectivity index (χ1n) is 7.94. The quantitative estimate of drug-likeness (QED) is 0.759. The number of carbonyl (C=O) groups is 2. The first-order chi connectivity index (χ1) is 11.2. The summed E-state index contributed by atoms with van der Waals surface area (Å²) >= 11 is 0. The monoisotopic (exact) mass is 335 g/mol. The molecule has 0 aromatic heterocycles. The highest BCUT2D eigenvalue weighted by atomic mass is 16.6. The molecule has 2 amide bonds. The van der Waals surface area contributed by atoms with Gasteiger partial charge in [0.25, 0.3) is 0 Å². The first kappa shape index (κ1) is 18.1. The average Bonchev–Trinajstić information content (AvgIpc) is 2.76. The van der Waals surface area contributed by atoms with Crippen LogP contribution in [-0.2, 0) is 16.0 Å². The number of amides is 2. The van der Waals surface area contributed by atoms with Gasteiger partial charge in [0.15, 0.2) is 0 Å². The van der Waals surface area contributed by atoms with Crippen LogP contribution in [-0.4, -0.2) is 48.9 Å². The fourth-order valence-corrected chi connectivity index (χ4v) is 2.40. The summed E-state index contributed by atoms with van der Waals surface area (Å²) in [6.07, 6.45) is -0.917. The van der Waals surface area contributed by atoms with Crippen molar-refractivity contribution in [3.8, 4) is 0 Å². The summed E-state index contributed by atoms with van der Waals surface area (Å²) in [7, 11) is 1.76. The first-order valence-corrected chi connectivity index (χ1v) is 7.94. The zero-order valence-electron chi connectivity index (χ0n) is 14.5. The van der Waals surface area contributed by atoms with Gasteiger partial charge in [0, 0.05) is 31.5 Å². The summed E-state index contributed by atoms with van der Waals surface area (Å²) in [4.78, 5) is 24.8. The molecule has 132 valence electrons. The minimum Gasteiger partial charge on any atom is -0.444 e. The van der Waals surface area contributed by atoms with E-state index >= 15 is 0 Å². The zero-order chi connectivity index (χ0) is 17.9. The number of fused-ring (bicyclic) bond motifs is 1. The predicted molar refractivity (Wildman–Crippen MR) is 92.3 cm³/mol. The summed E-state index contributed by atoms with van der Waals surface area (Å²) in [5.41, 5.74) is 2.14. The van der Waals surface area contributed by atoms with Gasteiger partial charge < -0.3 is 25.4 Å². The molecule has 1 aromatic carbocycles. The smallest absolute Gasteiger partial charge is 0.407 e. The molecule has 2 rings (SSSR count). The summed E-state index contributed by atoms with van der Waals surface area (Å²) in [5, 5.41) is 15.6. The van der Waals surface area contributed by atoms with E-state index in [9.17, 15) is 14.7 Å². The Labute approximate surface area is 142 Å². The van der Waals surface area contributed by atoms with Crippen molar-refractivity contribution < 1.29 is 19.4 Å². The highest BCUT2D eigenvalue weighted by Gasteiger charge is 2.23. The number of nitrogens with zero attached hydrogens (tertiary/aromatic N) is 1. The van der Waals surface area contributed by atoms with Crippen LogP contribution >= 0.6 is 0 Å². The van der Waals surface area contributed by atoms with Crippen molar-refractivity contribution in [2.45, 2.75) is 38.9 Å². The van der Waals surface area contributed by atoms with Crippen molar-refractivity contribution in [3.63, 3.8) is 0 Å². The van der Waals surface area contributed by atoms with E-state index in [4.69, 9.17) is 4.74 Å². The molecule has 3 N–H and O–H groups in total. The number of hydrogen-bond donors (Lipinski definition) is 3. The Hall–Kier alpha value is -2.28. The van der Waals surface area contributed by atoms with E-state index in [0.717, 1.165) is 16.9 Å². The second-order valence-electron chi connectivity index (χ2n) is 6.89. The third-order valence-corrected chi connectivity index (χ3v) is 3.58. The normalized spacial score (nSPS) is 15.0. The zero-order valence-corrected chi connectivity index (χ0v) is 14.5. The number of benzene rings is 1. The van der Waals surface area contributed by atoms with Crippen molar-refractivity contribution in [2.75, 3.05) is 30.4 Å². The number of carbonyl (C=O) groups excluding carboxylic acids is 2. The van der Waals surface area contributed by atoms with Gasteiger partial charge in [0.2, 0.25) is 5.91 Å². The van der Waals surface area contributed by atoms with Gasteiger partial charge >= 0.3 is 6.09 Å². The number of aliphatic hydroxyl groups excluding tert-OH is 1. The molecule has 0 unspecified atom stereocenters. The Bertz CT molecular complexity index is 625. The second kappa shape index (κ2) is 7.09. The second-order valence-corrected chi connectivity index (χ2v) is 6.89. The number of hydrogen-bond acceptors (Lipinski definition) is 5. The van der Waals surface area contributed by atoms with E-state index < -0.39 is 17.8 Å². The molecule has 7 nitrogen and oxygen atoms in total. The Morgan fingerprint density at radius 3 is 2.75 bits per heavy atom. The van der Waals surface area contributed by atoms with Gasteiger partial charge in [0.1, 0.15) is 5.60 Å². The van der Waals surface area contributed by atoms with E-state index in [2.05, 4.69) is 10.6 Å². The standard InChI is InChI=1S/C17H25N3O4/c1-17(2,3)24-16(23)19-10-13(21)9-18-12-5-6-14-11(7-12)8-15(22)20(14)4/h5-7,13,18,21H,8-10H2,1-4H3,(H,19,23)/t13-/m0/s1. The van der Waals surface area contributed by atoms with E-state index in [-0.39, 0.29) is 19.0 Å². The predicted octanol–water partition coefficient (Wildman–Crippen LogP) is 1.50. The van der Waals surface area contributed by atoms with Crippen molar-refractivity contribution in [1.82, 2.24) is 5.32 Å². The lowest BCUT2D eigenvalue weighted by atomic mass is 10.1. The number of rotatable bonds is 5. The molecule has 7 heteroatoms. The van der Waals surface area contributed by atoms with Crippen molar-refractivity contribution in [3.05, 3.63) is 23.8 Å². The number of anilines is 2. The fourth-order valence-electron chi connectivity index (χ4n) is 2.40. The van der Waals surface area contributed by atoms with Gasteiger partial charge in [-0.3, -0.25) is 4.79 Å². The van der Waals surface area contributed by atoms with Gasteiger partial charge in [-0.1, -0.05) is 0 Å². The van der Waals surface area contributed by atoms with Crippen LogP contribution in [0.15, 0.2) is 18.2 Å². The molecular weight excluding hydrogens is 310 g/mol. The molecule has 1 atom stereocenters. The van der Waals surface area contributed by atoms with E-state index in [1.165, 1.54) is 0 Å². The SMILES string of the molecule is CN1C(=O)Cc2cc(NC[C@H](O)CNC(=O)OC(C)(C)C)ccc21. The van der Waals surface area contributed by atoms with Crippen LogP contribution in [0, 0.1) is 0 Å². The molecule has 24 heavy (non-hydrogen) atoms. The molecular formula is C17H25N3O4. The lowest BCUT2D eigenvalue weighted by Crippen LogP contribution is -2.39. The van der Waals surface area contributed by atoms with Crippen molar-refractivity contribution in [1.29, 1.82) is 0 Å². The van der Waals surface area contributed by atoms with Crippen molar-refractivity contribution >= 4 is 23.4 Å². The number of aliphatic hydroxyl groups is 1. The lowest BCUT2D eigenvalue weighted by Gasteiger charge is -2.20. The molecule has 1 aromatic rings. The molecule has 1 aliphatic heterocycles. The maximum absolute atomic E-state index is 11.7. The maximum Gasteiger partial charge on any atom is 0.407 e. The van der Waals surface area contributed by atoms with Crippen LogP contribution in [0.4, 0.5) is 16.2 Å². The third-order valence-electron chi connectivity index (χ3n) is 3.58. The van der Waals surface area contributed by atoms with Crippen LogP contribution in [0.25, 0.3) is 0 Å². The van der Waals surface area contributed by atoms with E-state index in [1.54, 1.807) is 32.7 Å². The fraction of sp³-hybridized carbons (Fsp3) is 0.529. The van der Waals surface area contributed by atoms with Crippen molar-refractivity contribution in [2.24, 2.45) is 0 Å². The lowest BCUT2D eigenvalue weighted by molar-refractivity contribution is -0.117. The summed E-state index contributed by atoms with van der Waals surface area (Å²) in [6, 6.07) is 5.65. The Morgan fingerprint density at radius 2 is 2.08 bits per heavy atom. The molecule has 0 saturated heterocycles. The molecule has 0 saturated carbocycles. The molecule has 1 aliphatic rings. The summed E-state index contributed by atoms with van der Waals surface area (Å²) in [5.74, 6) is 0.0729. The van der Waals surface area contributed by atoms with Gasteiger partial charge in [-0.2, -0.15) is 0 Å². The van der Waals surface area contributed by atoms with Crippen LogP contribution in [0.2, 0.25) is 0 Å². The average molecular weight is 335 g/mol. The number of alkyl carbamates (subject to hydrolysis) is 1. The van der Waals surface area contributed by atoms with Gasteiger partial charge in [-0.25, -0.2) is 4.79 Å². The highest BCUT2D eigenvalue weighted by Crippen LogP contribution is 2.29. The number of ether oxygens (including phenoxy) is 1. The van der Waals surface area contributed by atoms with Crippen LogP contribution in [0.1, 0.15) is 26.3 Å². The molecule has 0 aliphatic carbocycles. The van der Waals surface area contributed by atoms with Crippen LogP contribution in [0.5, 0.6) is 0 Å². The minimum absolute atomic E-state index is 0.0729. The molecule has 0 bridgehead atoms. The Kier molecular flexibility index (Phi) is 5.33. The largest absolute Gasteiger partial charge is 0.444 e. The molecule has 0 radical (unpaired) electrons. The Balaban J connectivity index is 1.79. The summed E-state index contributed by atoms with van der Waals surface area (Å²) in [6.45, 7) is 5.70. The number of likely N-dealkylation sites (N-methyl/N-ethyl adjacent to an activating group) is 1. The van der Waals surface area contributed by atoms with E-state index in [0.29, 0.717) is 6.42 Å². The topological polar surface area (TPSA) is 90.9 Å². The van der Waals surface area contributed by atoms with Gasteiger partial charge in [-0.15, -0.1) is 0 Å². The minimum atomic E-state index is -0.755. The van der Waals surface area contributed by atoms with Crippen LogP contribution < -0.4 is 15.5 Å². The third kappa shape index (κ3) is 4.86. The summed E-state index contributed by atoms with van der Waals surface area (Å²) < 4.78 is 5.10. The molecule has 0 fully saturated rings. The van der Waals surface area contributed by atoms with Gasteiger partial charge in [-0.05, 0) is 44.5 Å².